The van der Waals surface area contributed by atoms with Crippen molar-refractivity contribution in [2.45, 2.75) is 20.8 Å². The minimum absolute atomic E-state index is 0.558. The first-order valence-electron chi connectivity index (χ1n) is 3.43. The van der Waals surface area contributed by atoms with Crippen LogP contribution in [0.3, 0.4) is 0 Å². The molecule has 0 aromatic rings. The van der Waals surface area contributed by atoms with Gasteiger partial charge in [0.1, 0.15) is 6.34 Å². The molecule has 0 aliphatic carbocycles. The van der Waals surface area contributed by atoms with Crippen LogP contribution in [0.5, 0.6) is 0 Å². The molecule has 2 nitrogen and oxygen atoms in total. The van der Waals surface area contributed by atoms with Crippen LogP contribution in [0.1, 0.15) is 20.8 Å². The Bertz CT molecular complexity index is 143. The van der Waals surface area contributed by atoms with Gasteiger partial charge >= 0.3 is 0 Å². The number of rotatable bonds is 3. The highest BCUT2D eigenvalue weighted by molar-refractivity contribution is 5.70. The van der Waals surface area contributed by atoms with E-state index in [0.717, 1.165) is 0 Å². The quantitative estimate of drug-likeness (QED) is 0.422. The van der Waals surface area contributed by atoms with Crippen LogP contribution in [0.25, 0.3) is 0 Å². The van der Waals surface area contributed by atoms with Crippen LogP contribution in [-0.2, 0) is 0 Å². The maximum atomic E-state index is 3.90. The van der Waals surface area contributed by atoms with Gasteiger partial charge in [-0.25, -0.2) is 9.98 Å². The lowest BCUT2D eigenvalue weighted by molar-refractivity contribution is 0.829. The summed E-state index contributed by atoms with van der Waals surface area (Å²) in [7, 11) is 0. The molecule has 0 N–H and O–H groups in total. The van der Waals surface area contributed by atoms with E-state index in [1.165, 1.54) is 6.34 Å². The van der Waals surface area contributed by atoms with Crippen molar-refractivity contribution >= 4 is 12.6 Å². The number of aliphatic imine (C=N–C) groups is 2. The molecule has 0 fully saturated rings. The summed E-state index contributed by atoms with van der Waals surface area (Å²) in [5.74, 6) is 0.558. The lowest BCUT2D eigenvalue weighted by atomic mass is 10.2. The molecule has 0 spiro atoms. The van der Waals surface area contributed by atoms with Gasteiger partial charge in [-0.15, -0.1) is 0 Å². The first-order chi connectivity index (χ1) is 4.77. The van der Waals surface area contributed by atoms with Crippen molar-refractivity contribution in [2.24, 2.45) is 15.9 Å². The Morgan fingerprint density at radius 2 is 1.90 bits per heavy atom. The summed E-state index contributed by atoms with van der Waals surface area (Å²) in [5, 5.41) is 0. The first-order valence-corrected chi connectivity index (χ1v) is 3.43. The predicted octanol–water partition coefficient (Wildman–Crippen LogP) is 2.28. The summed E-state index contributed by atoms with van der Waals surface area (Å²) in [4.78, 5) is 7.70. The summed E-state index contributed by atoms with van der Waals surface area (Å²) in [6.07, 6.45) is 7.00. The highest BCUT2D eigenvalue weighted by Gasteiger charge is 1.78. The van der Waals surface area contributed by atoms with E-state index in [1.54, 1.807) is 12.4 Å². The number of nitrogens with zero attached hydrogens (tertiary/aromatic N) is 2. The lowest BCUT2D eigenvalue weighted by Crippen LogP contribution is -1.75. The van der Waals surface area contributed by atoms with E-state index in [2.05, 4.69) is 23.8 Å². The van der Waals surface area contributed by atoms with Crippen LogP contribution >= 0.6 is 0 Å². The summed E-state index contributed by atoms with van der Waals surface area (Å²) in [6.45, 7) is 6.07. The van der Waals surface area contributed by atoms with E-state index in [9.17, 15) is 0 Å². The molecule has 0 amide bonds. The largest absolute Gasteiger partial charge is 0.250 e. The van der Waals surface area contributed by atoms with E-state index < -0.39 is 0 Å². The van der Waals surface area contributed by atoms with Gasteiger partial charge in [-0.1, -0.05) is 19.9 Å². The monoisotopic (exact) mass is 138 g/mol. The van der Waals surface area contributed by atoms with Crippen LogP contribution in [0.2, 0.25) is 0 Å². The fraction of sp³-hybridized carbons (Fsp3) is 0.500. The van der Waals surface area contributed by atoms with Crippen LogP contribution in [-0.4, -0.2) is 12.6 Å². The van der Waals surface area contributed by atoms with Gasteiger partial charge in [0.05, 0.1) is 0 Å². The third kappa shape index (κ3) is 7.08. The zero-order valence-corrected chi connectivity index (χ0v) is 6.78. The highest BCUT2D eigenvalue weighted by atomic mass is 14.8. The SMILES string of the molecule is CC=NC=N/C=C/C(C)C. The topological polar surface area (TPSA) is 24.7 Å². The molecule has 56 valence electrons. The normalized spacial score (nSPS) is 13.2. The smallest absolute Gasteiger partial charge is 0.114 e. The van der Waals surface area contributed by atoms with Gasteiger partial charge in [0.25, 0.3) is 0 Å². The molecule has 0 aliphatic heterocycles. The predicted molar refractivity (Wildman–Crippen MR) is 46.6 cm³/mol. The van der Waals surface area contributed by atoms with Gasteiger partial charge in [-0.2, -0.15) is 0 Å². The molecule has 10 heavy (non-hydrogen) atoms. The molecule has 0 aromatic heterocycles. The molecule has 0 atom stereocenters. The fourth-order valence-corrected chi connectivity index (χ4v) is 0.365. The molecule has 2 heteroatoms. The minimum Gasteiger partial charge on any atom is -0.250 e. The van der Waals surface area contributed by atoms with Crippen molar-refractivity contribution in [2.75, 3.05) is 0 Å². The molecule has 0 heterocycles. The second-order valence-electron chi connectivity index (χ2n) is 2.26. The maximum absolute atomic E-state index is 3.90. The molecular formula is C8H14N2. The van der Waals surface area contributed by atoms with E-state index in [-0.39, 0.29) is 0 Å². The van der Waals surface area contributed by atoms with Crippen molar-refractivity contribution in [3.05, 3.63) is 12.3 Å². The number of hydrogen-bond acceptors (Lipinski definition) is 1. The second-order valence-corrected chi connectivity index (χ2v) is 2.26. The van der Waals surface area contributed by atoms with Crippen molar-refractivity contribution in [1.82, 2.24) is 0 Å². The third-order valence-corrected chi connectivity index (χ3v) is 0.839. The van der Waals surface area contributed by atoms with Gasteiger partial charge in [0.2, 0.25) is 0 Å². The molecule has 0 saturated heterocycles. The van der Waals surface area contributed by atoms with E-state index in [1.807, 2.05) is 13.0 Å². The van der Waals surface area contributed by atoms with Gasteiger partial charge in [-0.05, 0) is 12.8 Å². The Balaban J connectivity index is 3.51. The molecule has 0 unspecified atom stereocenters. The minimum atomic E-state index is 0.558. The van der Waals surface area contributed by atoms with Gasteiger partial charge in [0.15, 0.2) is 0 Å². The zero-order chi connectivity index (χ0) is 7.82. The Hall–Kier alpha value is -0.920. The first kappa shape index (κ1) is 9.08. The Kier molecular flexibility index (Phi) is 5.63. The maximum Gasteiger partial charge on any atom is 0.114 e. The molecule has 0 saturated carbocycles. The molecule has 0 aliphatic rings. The standard InChI is InChI=1S/C8H14N2/c1-4-9-7-10-6-5-8(2)3/h4-8H,1-3H3/b6-5+,9-4?,10-7?. The van der Waals surface area contributed by atoms with E-state index in [4.69, 9.17) is 0 Å². The number of allylic oxidation sites excluding steroid dienone is 1. The summed E-state index contributed by atoms with van der Waals surface area (Å²) < 4.78 is 0. The summed E-state index contributed by atoms with van der Waals surface area (Å²) in [6, 6.07) is 0. The molecule has 0 bridgehead atoms. The van der Waals surface area contributed by atoms with E-state index >= 15 is 0 Å². The lowest BCUT2D eigenvalue weighted by Gasteiger charge is -1.87. The molecule has 0 aromatic carbocycles. The van der Waals surface area contributed by atoms with Gasteiger partial charge in [0, 0.05) is 12.4 Å². The Morgan fingerprint density at radius 3 is 2.40 bits per heavy atom. The van der Waals surface area contributed by atoms with Crippen molar-refractivity contribution < 1.29 is 0 Å². The summed E-state index contributed by atoms with van der Waals surface area (Å²) in [5.41, 5.74) is 0. The number of hydrogen-bond donors (Lipinski definition) is 0. The highest BCUT2D eigenvalue weighted by Crippen LogP contribution is 1.92. The Labute approximate surface area is 62.4 Å². The molecule has 0 rings (SSSR count). The second kappa shape index (κ2) is 6.20. The van der Waals surface area contributed by atoms with Gasteiger partial charge in [-0.3, -0.25) is 0 Å². The zero-order valence-electron chi connectivity index (χ0n) is 6.78. The third-order valence-electron chi connectivity index (χ3n) is 0.839. The van der Waals surface area contributed by atoms with E-state index in [0.29, 0.717) is 5.92 Å². The fourth-order valence-electron chi connectivity index (χ4n) is 0.365. The van der Waals surface area contributed by atoms with Crippen LogP contribution in [0.15, 0.2) is 22.3 Å². The van der Waals surface area contributed by atoms with Crippen LogP contribution in [0, 0.1) is 5.92 Å². The van der Waals surface area contributed by atoms with Crippen LogP contribution in [0.4, 0.5) is 0 Å². The average molecular weight is 138 g/mol. The van der Waals surface area contributed by atoms with Crippen molar-refractivity contribution in [3.8, 4) is 0 Å². The van der Waals surface area contributed by atoms with Gasteiger partial charge < -0.3 is 0 Å². The Morgan fingerprint density at radius 1 is 1.20 bits per heavy atom. The summed E-state index contributed by atoms with van der Waals surface area (Å²) >= 11 is 0. The van der Waals surface area contributed by atoms with Crippen LogP contribution < -0.4 is 0 Å². The van der Waals surface area contributed by atoms with Crippen molar-refractivity contribution in [3.63, 3.8) is 0 Å². The molecular weight excluding hydrogens is 124 g/mol. The average Bonchev–Trinajstić information content (AvgIpc) is 1.87. The molecule has 0 radical (unpaired) electrons. The van der Waals surface area contributed by atoms with Crippen molar-refractivity contribution in [1.29, 1.82) is 0 Å².